The number of phenolic OH excluding ortho intramolecular Hbond substituents is 1. The smallest absolute Gasteiger partial charge is 0.183 e. The van der Waals surface area contributed by atoms with Crippen LogP contribution < -0.4 is 11.5 Å². The Labute approximate surface area is 162 Å². The molecule has 0 atom stereocenters. The number of nitrogens with zero attached hydrogens (tertiary/aromatic N) is 1. The molecule has 2 aromatic carbocycles. The zero-order valence-electron chi connectivity index (χ0n) is 12.6. The number of rotatable bonds is 0. The molecule has 0 fully saturated rings. The Balaban J connectivity index is -0.000000239. The summed E-state index contributed by atoms with van der Waals surface area (Å²) in [5.41, 5.74) is 8.94. The summed E-state index contributed by atoms with van der Waals surface area (Å²) in [5.74, 6) is -0.0116. The molecule has 2 rings (SSSR count). The first-order valence-corrected chi connectivity index (χ1v) is 7.82. The highest BCUT2D eigenvalue weighted by Crippen LogP contribution is 2.03. The van der Waals surface area contributed by atoms with Crippen LogP contribution in [0.3, 0.4) is 0 Å². The molecule has 0 aliphatic carbocycles. The summed E-state index contributed by atoms with van der Waals surface area (Å²) >= 11 is 17.5. The van der Waals surface area contributed by atoms with Crippen molar-refractivity contribution in [3.8, 4) is 11.2 Å². The molecule has 0 saturated heterocycles. The largest absolute Gasteiger partial charge is 0.508 e. The van der Waals surface area contributed by atoms with Crippen LogP contribution in [0.25, 0.3) is 0 Å². The highest BCUT2D eigenvalue weighted by Gasteiger charge is 1.79. The van der Waals surface area contributed by atoms with Gasteiger partial charge < -0.3 is 16.6 Å². The van der Waals surface area contributed by atoms with Crippen molar-refractivity contribution in [2.24, 2.45) is 11.5 Å². The highest BCUT2D eigenvalue weighted by molar-refractivity contribution is 7.85. The zero-order valence-corrected chi connectivity index (χ0v) is 15.7. The van der Waals surface area contributed by atoms with Crippen molar-refractivity contribution in [3.63, 3.8) is 0 Å². The number of thiol groups is 1. The maximum absolute atomic E-state index is 8.63. The number of hydrogen-bond acceptors (Lipinski definition) is 4. The fourth-order valence-electron chi connectivity index (χ4n) is 0.813. The summed E-state index contributed by atoms with van der Waals surface area (Å²) in [6.07, 6.45) is 0. The quantitative estimate of drug-likeness (QED) is 0.146. The Morgan fingerprint density at radius 1 is 0.958 bits per heavy atom. The molecule has 9 heteroatoms. The topological polar surface area (TPSA) is 120 Å². The van der Waals surface area contributed by atoms with Crippen LogP contribution in [-0.2, 0) is 0 Å². The van der Waals surface area contributed by atoms with Gasteiger partial charge in [-0.05, 0) is 12.1 Å². The van der Waals surface area contributed by atoms with Gasteiger partial charge in [0.15, 0.2) is 10.3 Å². The highest BCUT2D eigenvalue weighted by atomic mass is 35.6. The molecule has 0 amide bonds. The van der Waals surface area contributed by atoms with Gasteiger partial charge in [-0.3, -0.25) is 5.41 Å². The molecule has 0 aromatic heterocycles. The fourth-order valence-corrected chi connectivity index (χ4v) is 0.813. The number of phenols is 1. The average molecular weight is 410 g/mol. The molecular weight excluding hydrogens is 391 g/mol. The molecule has 0 spiro atoms. The van der Waals surface area contributed by atoms with Crippen LogP contribution in [0, 0.1) is 16.1 Å². The lowest BCUT2D eigenvalue weighted by molar-refractivity contribution is 0.475. The maximum atomic E-state index is 8.63. The van der Waals surface area contributed by atoms with E-state index in [2.05, 4.69) is 24.1 Å². The lowest BCUT2D eigenvalue weighted by atomic mass is 10.3. The molecule has 0 radical (unpaired) electrons. The minimum atomic E-state index is -0.750. The molecule has 0 heterocycles. The second-order valence-electron chi connectivity index (χ2n) is 3.29. The molecule has 0 aliphatic heterocycles. The number of nitrogens with one attached hydrogen (secondary N) is 1. The van der Waals surface area contributed by atoms with E-state index in [4.69, 9.17) is 50.6 Å². The van der Waals surface area contributed by atoms with Gasteiger partial charge in [-0.2, -0.15) is 5.26 Å². The van der Waals surface area contributed by atoms with Crippen molar-refractivity contribution in [2.45, 2.75) is 4.30 Å². The molecule has 0 bridgehead atoms. The lowest BCUT2D eigenvalue weighted by Gasteiger charge is -1.82. The molecule has 5 nitrogen and oxygen atoms in total. The summed E-state index contributed by atoms with van der Waals surface area (Å²) in [7, 11) is 0. The number of halogens is 3. The van der Waals surface area contributed by atoms with Gasteiger partial charge >= 0.3 is 0 Å². The van der Waals surface area contributed by atoms with E-state index < -0.39 is 4.30 Å². The summed E-state index contributed by atoms with van der Waals surface area (Å²) < 4.78 is -0.750. The first kappa shape index (κ1) is 27.1. The van der Waals surface area contributed by atoms with Crippen molar-refractivity contribution >= 4 is 53.4 Å². The Bertz CT molecular complexity index is 492. The number of hydrogen-bond donors (Lipinski definition) is 5. The summed E-state index contributed by atoms with van der Waals surface area (Å²) in [4.78, 5) is 0. The summed E-state index contributed by atoms with van der Waals surface area (Å²) in [6, 6.07) is 20.7. The van der Waals surface area contributed by atoms with Crippen LogP contribution in [0.1, 0.15) is 0 Å². The molecule has 24 heavy (non-hydrogen) atoms. The van der Waals surface area contributed by atoms with E-state index in [-0.39, 0.29) is 5.96 Å². The lowest BCUT2D eigenvalue weighted by Crippen LogP contribution is -2.20. The van der Waals surface area contributed by atoms with Crippen molar-refractivity contribution in [1.29, 1.82) is 10.7 Å². The number of aromatic hydroxyl groups is 1. The van der Waals surface area contributed by atoms with E-state index in [1.54, 1.807) is 24.3 Å². The van der Waals surface area contributed by atoms with Gasteiger partial charge in [-0.25, -0.2) is 0 Å². The number of para-hydroxylation sites is 1. The van der Waals surface area contributed by atoms with Crippen LogP contribution in [0.4, 0.5) is 0 Å². The number of benzene rings is 2. The van der Waals surface area contributed by atoms with E-state index >= 15 is 0 Å². The molecule has 0 unspecified atom stereocenters. The van der Waals surface area contributed by atoms with Crippen molar-refractivity contribution in [3.05, 3.63) is 66.7 Å². The van der Waals surface area contributed by atoms with E-state index in [0.29, 0.717) is 5.75 Å². The monoisotopic (exact) mass is 408 g/mol. The predicted molar refractivity (Wildman–Crippen MR) is 107 cm³/mol. The van der Waals surface area contributed by atoms with Gasteiger partial charge in [0.05, 0.1) is 0 Å². The van der Waals surface area contributed by atoms with E-state index in [1.165, 1.54) is 5.40 Å². The van der Waals surface area contributed by atoms with Gasteiger partial charge in [0.25, 0.3) is 0 Å². The van der Waals surface area contributed by atoms with Crippen molar-refractivity contribution in [2.75, 3.05) is 0 Å². The van der Waals surface area contributed by atoms with Crippen LogP contribution >= 0.6 is 47.4 Å². The molecule has 132 valence electrons. The average Bonchev–Trinajstić information content (AvgIpc) is 2.50. The number of guanidine groups is 1. The Kier molecular flexibility index (Phi) is 26.5. The van der Waals surface area contributed by atoms with E-state index in [9.17, 15) is 0 Å². The molecule has 0 aliphatic rings. The van der Waals surface area contributed by atoms with Gasteiger partial charge in [0, 0.05) is 0 Å². The third-order valence-electron chi connectivity index (χ3n) is 1.42. The fraction of sp³-hybridized carbons (Fsp3) is 0.0667. The normalized spacial score (nSPS) is 7.33. The Hall–Kier alpha value is -1.78. The number of nitrogens with two attached hydrogens (primary N) is 2. The number of thiocyanates is 1. The van der Waals surface area contributed by atoms with Crippen LogP contribution in [-0.4, -0.2) is 15.4 Å². The van der Waals surface area contributed by atoms with Gasteiger partial charge in [0.1, 0.15) is 11.2 Å². The molecule has 2 aromatic rings. The van der Waals surface area contributed by atoms with E-state index in [1.807, 2.05) is 42.5 Å². The van der Waals surface area contributed by atoms with Gasteiger partial charge in [-0.15, -0.1) is 0 Å². The summed E-state index contributed by atoms with van der Waals surface area (Å²) in [6.45, 7) is 0. The van der Waals surface area contributed by atoms with Crippen LogP contribution in [0.15, 0.2) is 66.7 Å². The molecule has 6 N–H and O–H groups in total. The maximum Gasteiger partial charge on any atom is 0.183 e. The SMILES string of the molecule is ClC(Cl)Cl.N#CS.N=C(N)N.Oc1ccccc1.c1ccccc1. The second-order valence-corrected chi connectivity index (χ2v) is 5.47. The van der Waals surface area contributed by atoms with Crippen molar-refractivity contribution in [1.82, 2.24) is 0 Å². The first-order chi connectivity index (χ1) is 11.3. The molecule has 0 saturated carbocycles. The molecular formula is C15H19Cl3N4OS. The number of alkyl halides is 3. The first-order valence-electron chi connectivity index (χ1n) is 6.06. The minimum Gasteiger partial charge on any atom is -0.508 e. The van der Waals surface area contributed by atoms with Crippen molar-refractivity contribution < 1.29 is 5.11 Å². The second kappa shape index (κ2) is 23.5. The van der Waals surface area contributed by atoms with Crippen LogP contribution in [0.5, 0.6) is 5.75 Å². The standard InChI is InChI=1S/C6H6O.C6H6.CHCl3.CH5N3.CHNS/c7-6-4-2-1-3-5-6;1-2-4-6-5-3-1;2*2-1(3)4;2-1-3/h1-5,7H;1-6H;1H;(H5,2,3,4);3H. The third-order valence-corrected chi connectivity index (χ3v) is 1.42. The Morgan fingerprint density at radius 3 is 1.25 bits per heavy atom. The number of nitriles is 1. The van der Waals surface area contributed by atoms with Crippen LogP contribution in [0.2, 0.25) is 0 Å². The van der Waals surface area contributed by atoms with Gasteiger partial charge in [-0.1, -0.05) is 102 Å². The Morgan fingerprint density at radius 2 is 1.12 bits per heavy atom. The minimum absolute atomic E-state index is 0.322. The predicted octanol–water partition coefficient (Wildman–Crippen LogP) is 4.30. The van der Waals surface area contributed by atoms with E-state index in [0.717, 1.165) is 0 Å². The third kappa shape index (κ3) is 50.0. The summed E-state index contributed by atoms with van der Waals surface area (Å²) in [5, 5.41) is 23.3. The zero-order chi connectivity index (χ0) is 19.2. The van der Waals surface area contributed by atoms with Gasteiger partial charge in [0.2, 0.25) is 0 Å².